The van der Waals surface area contributed by atoms with Crippen molar-refractivity contribution in [2.75, 3.05) is 6.61 Å². The summed E-state index contributed by atoms with van der Waals surface area (Å²) >= 11 is 0. The van der Waals surface area contributed by atoms with Crippen LogP contribution in [0, 0.1) is 11.3 Å². The average molecular weight is 322 g/mol. The van der Waals surface area contributed by atoms with Crippen LogP contribution in [0.5, 0.6) is 0 Å². The summed E-state index contributed by atoms with van der Waals surface area (Å²) in [5.41, 5.74) is 2.98. The molecule has 0 fully saturated rings. The Morgan fingerprint density at radius 3 is 2.25 bits per heavy atom. The van der Waals surface area contributed by atoms with E-state index in [-0.39, 0.29) is 12.5 Å². The van der Waals surface area contributed by atoms with Crippen LogP contribution < -0.4 is 5.32 Å². The highest BCUT2D eigenvalue weighted by Crippen LogP contribution is 2.06. The number of aryl methyl sites for hydroxylation is 1. The number of rotatable bonds is 6. The lowest BCUT2D eigenvalue weighted by Crippen LogP contribution is -2.28. The number of carbonyl (C=O) groups is 2. The molecule has 0 heterocycles. The summed E-state index contributed by atoms with van der Waals surface area (Å²) < 4.78 is 4.95. The Morgan fingerprint density at radius 2 is 1.67 bits per heavy atom. The number of benzene rings is 2. The van der Waals surface area contributed by atoms with E-state index in [0.717, 1.165) is 12.0 Å². The lowest BCUT2D eigenvalue weighted by molar-refractivity contribution is -0.124. The number of nitrogens with one attached hydrogen (secondary N) is 1. The van der Waals surface area contributed by atoms with Crippen LogP contribution in [0.15, 0.2) is 48.5 Å². The number of carbonyl (C=O) groups excluding carboxylic acids is 2. The number of hydrogen-bond donors (Lipinski definition) is 1. The fraction of sp³-hybridized carbons (Fsp3) is 0.211. The molecule has 5 heteroatoms. The molecule has 5 nitrogen and oxygen atoms in total. The van der Waals surface area contributed by atoms with E-state index in [4.69, 9.17) is 10.00 Å². The van der Waals surface area contributed by atoms with Crippen LogP contribution in [0.3, 0.4) is 0 Å². The Morgan fingerprint density at radius 1 is 1.04 bits per heavy atom. The highest BCUT2D eigenvalue weighted by molar-refractivity contribution is 5.91. The van der Waals surface area contributed by atoms with Crippen LogP contribution in [0.25, 0.3) is 0 Å². The second kappa shape index (κ2) is 8.49. The van der Waals surface area contributed by atoms with Crippen molar-refractivity contribution in [2.24, 2.45) is 0 Å². The van der Waals surface area contributed by atoms with Crippen LogP contribution in [-0.4, -0.2) is 18.5 Å². The van der Waals surface area contributed by atoms with Crippen LogP contribution >= 0.6 is 0 Å². The molecule has 0 radical (unpaired) electrons. The number of hydrogen-bond acceptors (Lipinski definition) is 4. The third-order valence-electron chi connectivity index (χ3n) is 3.50. The summed E-state index contributed by atoms with van der Waals surface area (Å²) in [4.78, 5) is 23.6. The van der Waals surface area contributed by atoms with Crippen molar-refractivity contribution in [3.63, 3.8) is 0 Å². The molecule has 1 N–H and O–H groups in total. The number of esters is 1. The summed E-state index contributed by atoms with van der Waals surface area (Å²) in [7, 11) is 0. The van der Waals surface area contributed by atoms with Crippen LogP contribution in [0.1, 0.15) is 34.0 Å². The molecule has 2 aromatic carbocycles. The minimum Gasteiger partial charge on any atom is -0.452 e. The molecule has 0 aromatic heterocycles. The first-order valence-corrected chi connectivity index (χ1v) is 7.64. The Kier molecular flexibility index (Phi) is 6.09. The van der Waals surface area contributed by atoms with Gasteiger partial charge in [-0.15, -0.1) is 0 Å². The lowest BCUT2D eigenvalue weighted by Gasteiger charge is -2.07. The van der Waals surface area contributed by atoms with Gasteiger partial charge in [0, 0.05) is 6.54 Å². The fourth-order valence-electron chi connectivity index (χ4n) is 2.04. The minimum atomic E-state index is -0.595. The van der Waals surface area contributed by atoms with Gasteiger partial charge in [-0.2, -0.15) is 5.26 Å². The molecule has 0 saturated carbocycles. The molecule has 0 aliphatic heterocycles. The van der Waals surface area contributed by atoms with Crippen molar-refractivity contribution in [3.05, 3.63) is 70.8 Å². The number of ether oxygens (including phenoxy) is 1. The second-order valence-corrected chi connectivity index (χ2v) is 5.21. The van der Waals surface area contributed by atoms with Crippen LogP contribution in [-0.2, 0) is 22.5 Å². The van der Waals surface area contributed by atoms with Crippen molar-refractivity contribution in [2.45, 2.75) is 19.9 Å². The van der Waals surface area contributed by atoms with Gasteiger partial charge in [-0.05, 0) is 41.8 Å². The zero-order valence-corrected chi connectivity index (χ0v) is 13.4. The predicted octanol–water partition coefficient (Wildman–Crippen LogP) is 2.59. The Bertz CT molecular complexity index is 744. The zero-order chi connectivity index (χ0) is 17.4. The van der Waals surface area contributed by atoms with Gasteiger partial charge in [0.1, 0.15) is 0 Å². The summed E-state index contributed by atoms with van der Waals surface area (Å²) in [5, 5.41) is 11.4. The largest absolute Gasteiger partial charge is 0.452 e. The van der Waals surface area contributed by atoms with Gasteiger partial charge in [0.15, 0.2) is 6.61 Å². The molecular formula is C19H18N2O3. The predicted molar refractivity (Wildman–Crippen MR) is 89.1 cm³/mol. The van der Waals surface area contributed by atoms with Gasteiger partial charge in [0.25, 0.3) is 5.91 Å². The van der Waals surface area contributed by atoms with E-state index >= 15 is 0 Å². The van der Waals surface area contributed by atoms with Crippen LogP contribution in [0.4, 0.5) is 0 Å². The van der Waals surface area contributed by atoms with Gasteiger partial charge < -0.3 is 10.1 Å². The molecule has 1 amide bonds. The van der Waals surface area contributed by atoms with E-state index in [1.165, 1.54) is 29.8 Å². The minimum absolute atomic E-state index is 0.303. The van der Waals surface area contributed by atoms with E-state index in [9.17, 15) is 9.59 Å². The topological polar surface area (TPSA) is 79.2 Å². The normalized spacial score (nSPS) is 9.83. The summed E-state index contributed by atoms with van der Waals surface area (Å²) in [6.07, 6.45) is 0.970. The van der Waals surface area contributed by atoms with E-state index in [1.54, 1.807) is 0 Å². The van der Waals surface area contributed by atoms with Gasteiger partial charge >= 0.3 is 5.97 Å². The van der Waals surface area contributed by atoms with E-state index < -0.39 is 5.97 Å². The standard InChI is InChI=1S/C19H18N2O3/c1-2-14-3-5-16(6-4-14)12-21-18(22)13-24-19(23)17-9-7-15(11-20)8-10-17/h3-10H,2,12-13H2,1H3,(H,21,22). The molecule has 2 rings (SSSR count). The number of nitriles is 1. The van der Waals surface area contributed by atoms with E-state index in [0.29, 0.717) is 17.7 Å². The van der Waals surface area contributed by atoms with Crippen LogP contribution in [0.2, 0.25) is 0 Å². The van der Waals surface area contributed by atoms with E-state index in [1.807, 2.05) is 30.3 Å². The maximum Gasteiger partial charge on any atom is 0.338 e. The molecule has 122 valence electrons. The summed E-state index contributed by atoms with van der Waals surface area (Å²) in [6.45, 7) is 2.13. The SMILES string of the molecule is CCc1ccc(CNC(=O)COC(=O)c2ccc(C#N)cc2)cc1. The summed E-state index contributed by atoms with van der Waals surface area (Å²) in [6, 6.07) is 16.0. The third-order valence-corrected chi connectivity index (χ3v) is 3.50. The Labute approximate surface area is 140 Å². The third kappa shape index (κ3) is 4.96. The highest BCUT2D eigenvalue weighted by atomic mass is 16.5. The van der Waals surface area contributed by atoms with Gasteiger partial charge in [0.2, 0.25) is 0 Å². The second-order valence-electron chi connectivity index (χ2n) is 5.21. The molecule has 0 bridgehead atoms. The molecule has 0 atom stereocenters. The maximum atomic E-state index is 11.8. The van der Waals surface area contributed by atoms with Gasteiger partial charge in [-0.1, -0.05) is 31.2 Å². The van der Waals surface area contributed by atoms with Crippen molar-refractivity contribution in [3.8, 4) is 6.07 Å². The number of nitrogens with zero attached hydrogens (tertiary/aromatic N) is 1. The quantitative estimate of drug-likeness (QED) is 0.829. The molecule has 0 spiro atoms. The smallest absolute Gasteiger partial charge is 0.338 e. The Hall–Kier alpha value is -3.13. The molecule has 0 unspecified atom stereocenters. The fourth-order valence-corrected chi connectivity index (χ4v) is 2.04. The molecule has 0 aliphatic carbocycles. The maximum absolute atomic E-state index is 11.8. The van der Waals surface area contributed by atoms with Gasteiger partial charge in [0.05, 0.1) is 17.2 Å². The number of amides is 1. The first-order chi connectivity index (χ1) is 11.6. The monoisotopic (exact) mass is 322 g/mol. The lowest BCUT2D eigenvalue weighted by atomic mass is 10.1. The Balaban J connectivity index is 1.77. The van der Waals surface area contributed by atoms with Crippen molar-refractivity contribution in [1.29, 1.82) is 5.26 Å². The van der Waals surface area contributed by atoms with Gasteiger partial charge in [-0.3, -0.25) is 4.79 Å². The van der Waals surface area contributed by atoms with Crippen molar-refractivity contribution < 1.29 is 14.3 Å². The van der Waals surface area contributed by atoms with Gasteiger partial charge in [-0.25, -0.2) is 4.79 Å². The van der Waals surface area contributed by atoms with E-state index in [2.05, 4.69) is 12.2 Å². The first-order valence-electron chi connectivity index (χ1n) is 7.64. The molecule has 2 aromatic rings. The van der Waals surface area contributed by atoms with Crippen molar-refractivity contribution in [1.82, 2.24) is 5.32 Å². The molecule has 0 saturated heterocycles. The molecule has 24 heavy (non-hydrogen) atoms. The highest BCUT2D eigenvalue weighted by Gasteiger charge is 2.10. The average Bonchev–Trinajstić information content (AvgIpc) is 2.64. The zero-order valence-electron chi connectivity index (χ0n) is 13.4. The molecule has 0 aliphatic rings. The first kappa shape index (κ1) is 17.2. The summed E-state index contributed by atoms with van der Waals surface area (Å²) in [5.74, 6) is -0.960. The van der Waals surface area contributed by atoms with Crippen molar-refractivity contribution >= 4 is 11.9 Å². The molecular weight excluding hydrogens is 304 g/mol.